The van der Waals surface area contributed by atoms with Gasteiger partial charge < -0.3 is 10.2 Å². The maximum absolute atomic E-state index is 14.1. The van der Waals surface area contributed by atoms with E-state index in [1.165, 1.54) is 47.6 Å². The van der Waals surface area contributed by atoms with Crippen molar-refractivity contribution in [2.24, 2.45) is 0 Å². The second-order valence-electron chi connectivity index (χ2n) is 7.27. The Bertz CT molecular complexity index is 1070. The number of nitrogens with zero attached hydrogens (tertiary/aromatic N) is 2. The number of anilines is 1. The summed E-state index contributed by atoms with van der Waals surface area (Å²) in [7, 11) is -1.61. The molecule has 0 aromatic heterocycles. The number of Topliss-reactive ketones (excluding diaryl/α,β-unsaturated/α-hetero) is 1. The fourth-order valence-corrected chi connectivity index (χ4v) is 5.21. The molecule has 1 aliphatic heterocycles. The lowest BCUT2D eigenvalue weighted by molar-refractivity contribution is -0.113. The number of amides is 1. The summed E-state index contributed by atoms with van der Waals surface area (Å²) in [6.45, 7) is 3.61. The molecule has 0 saturated carbocycles. The Morgan fingerprint density at radius 1 is 1.06 bits per heavy atom. The molecule has 1 N–H and O–H groups in total. The van der Waals surface area contributed by atoms with Gasteiger partial charge in [-0.25, -0.2) is 12.8 Å². The van der Waals surface area contributed by atoms with E-state index in [0.29, 0.717) is 31.9 Å². The Kier molecular flexibility index (Phi) is 7.47. The van der Waals surface area contributed by atoms with Crippen molar-refractivity contribution in [2.75, 3.05) is 44.3 Å². The molecule has 0 radical (unpaired) electrons. The largest absolute Gasteiger partial charge is 0.325 e. The predicted octanol–water partition coefficient (Wildman–Crippen LogP) is 2.70. The van der Waals surface area contributed by atoms with Gasteiger partial charge in [-0.3, -0.25) is 9.59 Å². The fourth-order valence-electron chi connectivity index (χ4n) is 3.07. The molecule has 0 aliphatic carbocycles. The van der Waals surface area contributed by atoms with Crippen LogP contribution in [0.4, 0.5) is 10.1 Å². The molecule has 31 heavy (non-hydrogen) atoms. The van der Waals surface area contributed by atoms with Crippen molar-refractivity contribution in [3.8, 4) is 0 Å². The van der Waals surface area contributed by atoms with Crippen molar-refractivity contribution >= 4 is 39.2 Å². The lowest BCUT2D eigenvalue weighted by Gasteiger charge is -2.31. The Labute approximate surface area is 185 Å². The topological polar surface area (TPSA) is 86.8 Å². The molecule has 1 aliphatic rings. The maximum atomic E-state index is 14.1. The minimum atomic E-state index is -3.57. The maximum Gasteiger partial charge on any atom is 0.243 e. The molecule has 0 atom stereocenters. The van der Waals surface area contributed by atoms with E-state index < -0.39 is 15.8 Å². The number of rotatable bonds is 7. The van der Waals surface area contributed by atoms with Crippen LogP contribution in [0.25, 0.3) is 0 Å². The SMILES string of the molecule is CC(=O)c1ccc(SCC(=O)Nc2ccc(S(=O)(=O)N3CCN(C)CC3)cc2)c(F)c1. The molecule has 1 saturated heterocycles. The number of sulfonamides is 1. The average Bonchev–Trinajstić information content (AvgIpc) is 2.73. The molecule has 2 aromatic carbocycles. The number of hydrogen-bond donors (Lipinski definition) is 1. The fraction of sp³-hybridized carbons (Fsp3) is 0.333. The first-order valence-electron chi connectivity index (χ1n) is 9.69. The minimum Gasteiger partial charge on any atom is -0.325 e. The lowest BCUT2D eigenvalue weighted by atomic mass is 10.1. The van der Waals surface area contributed by atoms with Gasteiger partial charge in [-0.2, -0.15) is 4.31 Å². The van der Waals surface area contributed by atoms with E-state index in [-0.39, 0.29) is 32.8 Å². The van der Waals surface area contributed by atoms with Crippen LogP contribution in [0, 0.1) is 5.82 Å². The highest BCUT2D eigenvalue weighted by molar-refractivity contribution is 8.00. The Morgan fingerprint density at radius 2 is 1.71 bits per heavy atom. The standard InChI is InChI=1S/C21H24FN3O4S2/c1-15(26)16-3-8-20(19(22)13-16)30-14-21(27)23-17-4-6-18(7-5-17)31(28,29)25-11-9-24(2)10-12-25/h3-8,13H,9-12,14H2,1-2H3,(H,23,27). The predicted molar refractivity (Wildman–Crippen MR) is 118 cm³/mol. The van der Waals surface area contributed by atoms with Crippen LogP contribution >= 0.6 is 11.8 Å². The quantitative estimate of drug-likeness (QED) is 0.500. The first-order chi connectivity index (χ1) is 14.7. The summed E-state index contributed by atoms with van der Waals surface area (Å²) >= 11 is 1.02. The van der Waals surface area contributed by atoms with Crippen molar-refractivity contribution in [1.29, 1.82) is 0 Å². The highest BCUT2D eigenvalue weighted by atomic mass is 32.2. The highest BCUT2D eigenvalue weighted by Crippen LogP contribution is 2.24. The molecule has 3 rings (SSSR count). The smallest absolute Gasteiger partial charge is 0.243 e. The number of piperazine rings is 1. The number of carbonyl (C=O) groups is 2. The van der Waals surface area contributed by atoms with Crippen molar-refractivity contribution in [2.45, 2.75) is 16.7 Å². The lowest BCUT2D eigenvalue weighted by Crippen LogP contribution is -2.46. The van der Waals surface area contributed by atoms with E-state index in [4.69, 9.17) is 0 Å². The number of likely N-dealkylation sites (N-methyl/N-ethyl adjacent to an activating group) is 1. The summed E-state index contributed by atoms with van der Waals surface area (Å²) in [6.07, 6.45) is 0. The molecule has 10 heteroatoms. The Balaban J connectivity index is 1.57. The second kappa shape index (κ2) is 9.90. The first kappa shape index (κ1) is 23.4. The van der Waals surface area contributed by atoms with Crippen LogP contribution in [-0.4, -0.2) is 68.3 Å². The summed E-state index contributed by atoms with van der Waals surface area (Å²) in [6, 6.07) is 10.2. The van der Waals surface area contributed by atoms with Crippen LogP contribution in [0.5, 0.6) is 0 Å². The minimum absolute atomic E-state index is 0.0301. The number of ketones is 1. The van der Waals surface area contributed by atoms with Crippen molar-refractivity contribution < 1.29 is 22.4 Å². The molecule has 7 nitrogen and oxygen atoms in total. The zero-order chi connectivity index (χ0) is 22.6. The number of benzene rings is 2. The van der Waals surface area contributed by atoms with Crippen LogP contribution in [0.1, 0.15) is 17.3 Å². The second-order valence-corrected chi connectivity index (χ2v) is 10.2. The monoisotopic (exact) mass is 465 g/mol. The van der Waals surface area contributed by atoms with E-state index in [0.717, 1.165) is 17.8 Å². The summed E-state index contributed by atoms with van der Waals surface area (Å²) in [5.41, 5.74) is 0.730. The summed E-state index contributed by atoms with van der Waals surface area (Å²) < 4.78 is 41.0. The van der Waals surface area contributed by atoms with E-state index >= 15 is 0 Å². The third kappa shape index (κ3) is 5.91. The number of halogens is 1. The Morgan fingerprint density at radius 3 is 2.29 bits per heavy atom. The van der Waals surface area contributed by atoms with Crippen LogP contribution < -0.4 is 5.32 Å². The average molecular weight is 466 g/mol. The van der Waals surface area contributed by atoms with Crippen LogP contribution in [0.2, 0.25) is 0 Å². The molecule has 0 spiro atoms. The van der Waals surface area contributed by atoms with Gasteiger partial charge in [0.05, 0.1) is 10.6 Å². The first-order valence-corrected chi connectivity index (χ1v) is 12.1. The molecule has 2 aromatic rings. The summed E-state index contributed by atoms with van der Waals surface area (Å²) in [5, 5.41) is 2.67. The zero-order valence-corrected chi connectivity index (χ0v) is 18.9. The molecule has 1 heterocycles. The normalized spacial score (nSPS) is 15.6. The van der Waals surface area contributed by atoms with Crippen molar-refractivity contribution in [1.82, 2.24) is 9.21 Å². The summed E-state index contributed by atoms with van der Waals surface area (Å²) in [4.78, 5) is 26.0. The molecule has 0 bridgehead atoms. The molecule has 1 amide bonds. The van der Waals surface area contributed by atoms with E-state index in [1.807, 2.05) is 7.05 Å². The van der Waals surface area contributed by atoms with Crippen molar-refractivity contribution in [3.63, 3.8) is 0 Å². The number of nitrogens with one attached hydrogen (secondary N) is 1. The van der Waals surface area contributed by atoms with Crippen molar-refractivity contribution in [3.05, 3.63) is 53.8 Å². The van der Waals surface area contributed by atoms with Gasteiger partial charge in [-0.05, 0) is 50.4 Å². The van der Waals surface area contributed by atoms with Gasteiger partial charge in [0, 0.05) is 42.3 Å². The van der Waals surface area contributed by atoms with Crippen LogP contribution in [-0.2, 0) is 14.8 Å². The molecular formula is C21H24FN3O4S2. The van der Waals surface area contributed by atoms with Gasteiger partial charge >= 0.3 is 0 Å². The Hall–Kier alpha value is -2.27. The van der Waals surface area contributed by atoms with Gasteiger partial charge in [-0.15, -0.1) is 11.8 Å². The molecule has 0 unspecified atom stereocenters. The number of hydrogen-bond acceptors (Lipinski definition) is 6. The van der Waals surface area contributed by atoms with E-state index in [1.54, 1.807) is 0 Å². The zero-order valence-electron chi connectivity index (χ0n) is 17.3. The third-order valence-electron chi connectivity index (χ3n) is 4.94. The molecule has 166 valence electrons. The van der Waals surface area contributed by atoms with E-state index in [2.05, 4.69) is 10.2 Å². The van der Waals surface area contributed by atoms with Gasteiger partial charge in [0.2, 0.25) is 15.9 Å². The van der Waals surface area contributed by atoms with Crippen LogP contribution in [0.3, 0.4) is 0 Å². The summed E-state index contributed by atoms with van der Waals surface area (Å²) in [5.74, 6) is -1.16. The van der Waals surface area contributed by atoms with Gasteiger partial charge in [0.1, 0.15) is 5.82 Å². The molecule has 1 fully saturated rings. The number of carbonyl (C=O) groups excluding carboxylic acids is 2. The van der Waals surface area contributed by atoms with E-state index in [9.17, 15) is 22.4 Å². The van der Waals surface area contributed by atoms with Gasteiger partial charge in [0.15, 0.2) is 5.78 Å². The molecular weight excluding hydrogens is 441 g/mol. The number of thioether (sulfide) groups is 1. The van der Waals surface area contributed by atoms with Gasteiger partial charge in [-0.1, -0.05) is 6.07 Å². The third-order valence-corrected chi connectivity index (χ3v) is 7.90. The van der Waals surface area contributed by atoms with Gasteiger partial charge in [0.25, 0.3) is 0 Å². The van der Waals surface area contributed by atoms with Crippen LogP contribution in [0.15, 0.2) is 52.3 Å². The highest BCUT2D eigenvalue weighted by Gasteiger charge is 2.27.